The SMILES string of the molecule is C=C[C@H]1CN2CCC1C[C@H]2[C@H](O)c1ccnc2ccc(OC)cc12.O=CO. The molecule has 2 unspecified atom stereocenters. The van der Waals surface area contributed by atoms with Crippen LogP contribution in [0.25, 0.3) is 10.9 Å². The van der Waals surface area contributed by atoms with E-state index >= 15 is 0 Å². The number of benzene rings is 1. The maximum absolute atomic E-state index is 11.2. The number of methoxy groups -OCH3 is 1. The van der Waals surface area contributed by atoms with E-state index in [4.69, 9.17) is 14.6 Å². The number of ether oxygens (including phenoxy) is 1. The summed E-state index contributed by atoms with van der Waals surface area (Å²) in [5.41, 5.74) is 1.85. The first-order valence-corrected chi connectivity index (χ1v) is 9.18. The van der Waals surface area contributed by atoms with E-state index in [-0.39, 0.29) is 12.5 Å². The van der Waals surface area contributed by atoms with Crippen molar-refractivity contribution in [2.45, 2.75) is 25.0 Å². The van der Waals surface area contributed by atoms with Crippen molar-refractivity contribution in [1.82, 2.24) is 9.88 Å². The van der Waals surface area contributed by atoms with Gasteiger partial charge in [0.25, 0.3) is 6.47 Å². The molecule has 3 saturated heterocycles. The second-order valence-corrected chi connectivity index (χ2v) is 7.08. The third-order valence-corrected chi connectivity index (χ3v) is 5.82. The van der Waals surface area contributed by atoms with Gasteiger partial charge in [0.1, 0.15) is 5.75 Å². The van der Waals surface area contributed by atoms with Crippen molar-refractivity contribution in [2.24, 2.45) is 11.8 Å². The standard InChI is InChI=1S/C20H24N2O2.CH2O2/c1-3-13-12-22-9-7-14(13)10-19(22)20(23)16-6-8-21-18-5-4-15(24-2)11-17(16)18;2-1-3/h3-6,8,11,13-14,19-20,23H,1,7,9-10,12H2,2H3;1H,(H,2,3)/t13-,14?,19-,20+;/m0./s1. The number of aliphatic hydroxyl groups excluding tert-OH is 1. The van der Waals surface area contributed by atoms with Gasteiger partial charge in [-0.1, -0.05) is 6.08 Å². The van der Waals surface area contributed by atoms with Crippen molar-refractivity contribution < 1.29 is 19.7 Å². The molecule has 3 fully saturated rings. The third kappa shape index (κ3) is 3.82. The van der Waals surface area contributed by atoms with E-state index < -0.39 is 6.10 Å². The van der Waals surface area contributed by atoms with E-state index in [1.807, 2.05) is 24.3 Å². The maximum atomic E-state index is 11.2. The van der Waals surface area contributed by atoms with E-state index in [1.54, 1.807) is 13.3 Å². The molecule has 27 heavy (non-hydrogen) atoms. The maximum Gasteiger partial charge on any atom is 0.290 e. The number of rotatable bonds is 4. The van der Waals surface area contributed by atoms with Crippen molar-refractivity contribution in [3.8, 4) is 5.75 Å². The van der Waals surface area contributed by atoms with Crippen LogP contribution >= 0.6 is 0 Å². The molecule has 0 radical (unpaired) electrons. The highest BCUT2D eigenvalue weighted by Crippen LogP contribution is 2.42. The molecular weight excluding hydrogens is 344 g/mol. The molecule has 4 heterocycles. The highest BCUT2D eigenvalue weighted by Gasteiger charge is 2.42. The molecule has 2 N–H and O–H groups in total. The molecule has 0 saturated carbocycles. The summed E-state index contributed by atoms with van der Waals surface area (Å²) < 4.78 is 5.35. The molecule has 1 aromatic heterocycles. The van der Waals surface area contributed by atoms with Gasteiger partial charge in [0, 0.05) is 24.2 Å². The number of aromatic nitrogens is 1. The Labute approximate surface area is 159 Å². The monoisotopic (exact) mass is 370 g/mol. The number of hydrogen-bond donors (Lipinski definition) is 2. The topological polar surface area (TPSA) is 82.9 Å². The molecule has 0 amide bonds. The molecule has 2 aromatic rings. The van der Waals surface area contributed by atoms with Crippen molar-refractivity contribution >= 4 is 17.4 Å². The van der Waals surface area contributed by atoms with Gasteiger partial charge >= 0.3 is 0 Å². The van der Waals surface area contributed by atoms with Crippen molar-refractivity contribution in [3.05, 3.63) is 48.7 Å². The summed E-state index contributed by atoms with van der Waals surface area (Å²) in [6.07, 6.45) is 5.62. The van der Waals surface area contributed by atoms with Gasteiger partial charge in [0.2, 0.25) is 0 Å². The summed E-state index contributed by atoms with van der Waals surface area (Å²) >= 11 is 0. The van der Waals surface area contributed by atoms with E-state index in [0.29, 0.717) is 11.8 Å². The second kappa shape index (κ2) is 8.50. The average Bonchev–Trinajstić information content (AvgIpc) is 2.73. The fraction of sp³-hybridized carbons (Fsp3) is 0.429. The lowest BCUT2D eigenvalue weighted by molar-refractivity contribution is -0.122. The van der Waals surface area contributed by atoms with E-state index in [1.165, 1.54) is 6.42 Å². The Bertz CT molecular complexity index is 810. The molecule has 144 valence electrons. The van der Waals surface area contributed by atoms with Gasteiger partial charge in [0.15, 0.2) is 0 Å². The number of carbonyl (C=O) groups is 1. The number of piperidine rings is 3. The number of nitrogens with zero attached hydrogens (tertiary/aromatic N) is 2. The van der Waals surface area contributed by atoms with Crippen molar-refractivity contribution in [2.75, 3.05) is 20.2 Å². The van der Waals surface area contributed by atoms with Gasteiger partial charge in [-0.25, -0.2) is 0 Å². The van der Waals surface area contributed by atoms with E-state index in [0.717, 1.165) is 41.7 Å². The number of aliphatic hydroxyl groups is 1. The molecule has 3 aliphatic heterocycles. The molecule has 2 bridgehead atoms. The molecule has 0 spiro atoms. The van der Waals surface area contributed by atoms with Crippen LogP contribution in [0.5, 0.6) is 5.75 Å². The minimum absolute atomic E-state index is 0.178. The van der Waals surface area contributed by atoms with Crippen LogP contribution in [-0.4, -0.2) is 52.8 Å². The quantitative estimate of drug-likeness (QED) is 0.636. The minimum Gasteiger partial charge on any atom is -0.497 e. The number of fused-ring (bicyclic) bond motifs is 4. The Hall–Kier alpha value is -2.44. The lowest BCUT2D eigenvalue weighted by Gasteiger charge is -2.50. The van der Waals surface area contributed by atoms with Gasteiger partial charge < -0.3 is 14.9 Å². The Balaban J connectivity index is 0.000000659. The van der Waals surface area contributed by atoms with Crippen LogP contribution in [0.15, 0.2) is 43.1 Å². The smallest absolute Gasteiger partial charge is 0.290 e. The van der Waals surface area contributed by atoms with Gasteiger partial charge in [0.05, 0.1) is 18.7 Å². The Morgan fingerprint density at radius 3 is 2.81 bits per heavy atom. The van der Waals surface area contributed by atoms with Crippen molar-refractivity contribution in [3.63, 3.8) is 0 Å². The summed E-state index contributed by atoms with van der Waals surface area (Å²) in [4.78, 5) is 15.2. The fourth-order valence-corrected chi connectivity index (χ4v) is 4.44. The van der Waals surface area contributed by atoms with Gasteiger partial charge in [-0.15, -0.1) is 6.58 Å². The molecule has 6 nitrogen and oxygen atoms in total. The normalized spacial score (nSPS) is 27.3. The minimum atomic E-state index is -0.504. The number of carboxylic acid groups (broad SMARTS) is 1. The third-order valence-electron chi connectivity index (χ3n) is 5.82. The van der Waals surface area contributed by atoms with Crippen LogP contribution in [0.3, 0.4) is 0 Å². The number of pyridine rings is 1. The summed E-state index contributed by atoms with van der Waals surface area (Å²) in [5.74, 6) is 2.01. The Morgan fingerprint density at radius 2 is 2.19 bits per heavy atom. The predicted molar refractivity (Wildman–Crippen MR) is 104 cm³/mol. The summed E-state index contributed by atoms with van der Waals surface area (Å²) in [7, 11) is 1.66. The average molecular weight is 370 g/mol. The molecule has 5 rings (SSSR count). The first kappa shape index (κ1) is 19.3. The van der Waals surface area contributed by atoms with Crippen LogP contribution < -0.4 is 4.74 Å². The van der Waals surface area contributed by atoms with E-state index in [2.05, 4.69) is 22.5 Å². The number of hydrogen-bond acceptors (Lipinski definition) is 5. The first-order valence-electron chi connectivity index (χ1n) is 9.18. The van der Waals surface area contributed by atoms with Crippen LogP contribution in [-0.2, 0) is 4.79 Å². The largest absolute Gasteiger partial charge is 0.497 e. The van der Waals surface area contributed by atoms with Gasteiger partial charge in [-0.05, 0) is 61.1 Å². The van der Waals surface area contributed by atoms with Gasteiger partial charge in [-0.3, -0.25) is 14.7 Å². The van der Waals surface area contributed by atoms with Crippen LogP contribution in [0.4, 0.5) is 0 Å². The molecule has 6 heteroatoms. The van der Waals surface area contributed by atoms with Crippen LogP contribution in [0.2, 0.25) is 0 Å². The second-order valence-electron chi connectivity index (χ2n) is 7.08. The summed E-state index contributed by atoms with van der Waals surface area (Å²) in [5, 5.41) is 19.0. The molecule has 1 aromatic carbocycles. The Kier molecular flexibility index (Phi) is 6.08. The highest BCUT2D eigenvalue weighted by atomic mass is 16.5. The summed E-state index contributed by atoms with van der Waals surface area (Å²) in [6.45, 7) is 5.82. The highest BCUT2D eigenvalue weighted by molar-refractivity contribution is 5.83. The molecule has 5 atom stereocenters. The van der Waals surface area contributed by atoms with Crippen LogP contribution in [0.1, 0.15) is 24.5 Å². The lowest BCUT2D eigenvalue weighted by Crippen LogP contribution is -2.54. The predicted octanol–water partition coefficient (Wildman–Crippen LogP) is 2.87. The molecular formula is C21H26N2O4. The zero-order chi connectivity index (χ0) is 19.4. The first-order chi connectivity index (χ1) is 13.1. The molecule has 0 aliphatic carbocycles. The van der Waals surface area contributed by atoms with Gasteiger partial charge in [-0.2, -0.15) is 0 Å². The summed E-state index contributed by atoms with van der Waals surface area (Å²) in [6, 6.07) is 7.96. The van der Waals surface area contributed by atoms with Crippen LogP contribution in [0, 0.1) is 11.8 Å². The fourth-order valence-electron chi connectivity index (χ4n) is 4.44. The molecule has 3 aliphatic rings. The van der Waals surface area contributed by atoms with Crippen molar-refractivity contribution in [1.29, 1.82) is 0 Å². The zero-order valence-electron chi connectivity index (χ0n) is 15.5. The lowest BCUT2D eigenvalue weighted by atomic mass is 9.73. The van der Waals surface area contributed by atoms with E-state index in [9.17, 15) is 5.11 Å². The Morgan fingerprint density at radius 1 is 1.41 bits per heavy atom. The zero-order valence-corrected chi connectivity index (χ0v) is 15.5.